The summed E-state index contributed by atoms with van der Waals surface area (Å²) in [6.07, 6.45) is -4.18. The van der Waals surface area contributed by atoms with Crippen molar-refractivity contribution in [2.75, 3.05) is 36.0 Å². The Morgan fingerprint density at radius 1 is 1.31 bits per heavy atom. The van der Waals surface area contributed by atoms with Gasteiger partial charge in [-0.25, -0.2) is 18.0 Å². The van der Waals surface area contributed by atoms with E-state index in [1.54, 1.807) is 12.1 Å². The molecule has 4 rings (SSSR count). The van der Waals surface area contributed by atoms with Crippen LogP contribution in [0, 0.1) is 23.6 Å². The summed E-state index contributed by atoms with van der Waals surface area (Å²) in [4.78, 5) is 25.6. The quantitative estimate of drug-likeness (QED) is 0.671. The maximum atomic E-state index is 14.7. The third-order valence-electron chi connectivity index (χ3n) is 5.64. The van der Waals surface area contributed by atoms with Gasteiger partial charge in [-0.1, -0.05) is 12.2 Å². The number of amides is 1. The van der Waals surface area contributed by atoms with Crippen molar-refractivity contribution in [3.63, 3.8) is 0 Å². The highest BCUT2D eigenvalue weighted by atomic mass is 32.1. The van der Waals surface area contributed by atoms with Gasteiger partial charge in [0.1, 0.15) is 16.9 Å². The van der Waals surface area contributed by atoms with Gasteiger partial charge in [-0.05, 0) is 30.0 Å². The van der Waals surface area contributed by atoms with Gasteiger partial charge in [-0.2, -0.15) is 0 Å². The van der Waals surface area contributed by atoms with Crippen LogP contribution in [0.15, 0.2) is 18.2 Å². The van der Waals surface area contributed by atoms with Crippen LogP contribution >= 0.6 is 12.2 Å². The van der Waals surface area contributed by atoms with E-state index in [9.17, 15) is 22.8 Å². The van der Waals surface area contributed by atoms with Crippen LogP contribution in [0.5, 0.6) is 0 Å². The highest BCUT2D eigenvalue weighted by Crippen LogP contribution is 2.52. The van der Waals surface area contributed by atoms with Gasteiger partial charge < -0.3 is 20.1 Å². The number of cyclic esters (lactones) is 1. The highest BCUT2D eigenvalue weighted by molar-refractivity contribution is 7.80. The Bertz CT molecular complexity index is 859. The number of piperidine rings is 1. The lowest BCUT2D eigenvalue weighted by atomic mass is 10.2. The number of halogens is 3. The monoisotopic (exact) mass is 429 g/mol. The summed E-state index contributed by atoms with van der Waals surface area (Å²) in [6.45, 7) is 0.987. The molecule has 3 aliphatic rings. The number of carboxylic acid groups (broad SMARTS) is 1. The minimum absolute atomic E-state index is 0.0488. The maximum Gasteiger partial charge on any atom is 0.414 e. The summed E-state index contributed by atoms with van der Waals surface area (Å²) in [7, 11) is 0. The molecule has 0 bridgehead atoms. The van der Waals surface area contributed by atoms with Crippen molar-refractivity contribution >= 4 is 40.6 Å². The highest BCUT2D eigenvalue weighted by Gasteiger charge is 2.60. The summed E-state index contributed by atoms with van der Waals surface area (Å²) < 4.78 is 44.6. The summed E-state index contributed by atoms with van der Waals surface area (Å²) in [5.74, 6) is -1.57. The van der Waals surface area contributed by atoms with E-state index in [-0.39, 0.29) is 30.8 Å². The predicted molar refractivity (Wildman–Crippen MR) is 101 cm³/mol. The number of carboxylic acids is 1. The number of rotatable bonds is 6. The number of thiocarbonyl (C=S) groups is 1. The number of nitrogens with one attached hydrogen (secondary N) is 1. The SMILES string of the molecule is O=C(O)C1C2CN(c3ccc(N4C[C@H](CNC(=S)C(F)F)OC4=O)cc3F)CC21. The number of anilines is 2. The molecule has 156 valence electrons. The van der Waals surface area contributed by atoms with Gasteiger partial charge in [-0.3, -0.25) is 9.69 Å². The molecule has 1 amide bonds. The molecular formula is C18H18F3N3O4S. The first-order valence-corrected chi connectivity index (χ1v) is 9.48. The number of ether oxygens (including phenoxy) is 1. The van der Waals surface area contributed by atoms with Crippen molar-refractivity contribution in [1.29, 1.82) is 0 Å². The van der Waals surface area contributed by atoms with Crippen LogP contribution in [0.1, 0.15) is 0 Å². The summed E-state index contributed by atoms with van der Waals surface area (Å²) in [5, 5.41) is 11.4. The Labute approximate surface area is 169 Å². The molecule has 3 fully saturated rings. The smallest absolute Gasteiger partial charge is 0.414 e. The second kappa shape index (κ2) is 7.36. The lowest BCUT2D eigenvalue weighted by Gasteiger charge is -2.23. The first-order chi connectivity index (χ1) is 13.8. The summed E-state index contributed by atoms with van der Waals surface area (Å²) in [6, 6.07) is 4.35. The second-order valence-electron chi connectivity index (χ2n) is 7.39. The lowest BCUT2D eigenvalue weighted by molar-refractivity contribution is -0.139. The minimum atomic E-state index is -2.79. The molecule has 3 atom stereocenters. The fourth-order valence-corrected chi connectivity index (χ4v) is 4.22. The lowest BCUT2D eigenvalue weighted by Crippen LogP contribution is -2.36. The van der Waals surface area contributed by atoms with E-state index in [0.29, 0.717) is 24.5 Å². The number of nitrogens with zero attached hydrogens (tertiary/aromatic N) is 2. The number of fused-ring (bicyclic) bond motifs is 1. The van der Waals surface area contributed by atoms with Gasteiger partial charge in [0.15, 0.2) is 0 Å². The van der Waals surface area contributed by atoms with Gasteiger partial charge in [0.2, 0.25) is 0 Å². The van der Waals surface area contributed by atoms with E-state index >= 15 is 0 Å². The van der Waals surface area contributed by atoms with Crippen molar-refractivity contribution < 1.29 is 32.6 Å². The number of carbonyl (C=O) groups is 2. The molecule has 2 N–H and O–H groups in total. The van der Waals surface area contributed by atoms with E-state index in [0.717, 1.165) is 0 Å². The number of hydrogen-bond acceptors (Lipinski definition) is 5. The van der Waals surface area contributed by atoms with Crippen molar-refractivity contribution in [3.05, 3.63) is 24.0 Å². The molecule has 0 radical (unpaired) electrons. The third kappa shape index (κ3) is 3.70. The van der Waals surface area contributed by atoms with Gasteiger partial charge in [0, 0.05) is 13.1 Å². The van der Waals surface area contributed by atoms with Crippen LogP contribution in [-0.4, -0.2) is 60.9 Å². The summed E-state index contributed by atoms with van der Waals surface area (Å²) >= 11 is 4.48. The van der Waals surface area contributed by atoms with E-state index in [2.05, 4.69) is 17.5 Å². The molecule has 2 unspecified atom stereocenters. The molecule has 0 spiro atoms. The first kappa shape index (κ1) is 19.7. The van der Waals surface area contributed by atoms with Crippen LogP contribution in [-0.2, 0) is 9.53 Å². The number of alkyl halides is 2. The molecular weight excluding hydrogens is 411 g/mol. The molecule has 2 heterocycles. The first-order valence-electron chi connectivity index (χ1n) is 9.07. The van der Waals surface area contributed by atoms with Crippen LogP contribution in [0.2, 0.25) is 0 Å². The van der Waals surface area contributed by atoms with E-state index in [4.69, 9.17) is 9.84 Å². The van der Waals surface area contributed by atoms with Crippen molar-refractivity contribution in [2.45, 2.75) is 12.5 Å². The Morgan fingerprint density at radius 2 is 2.00 bits per heavy atom. The number of aliphatic carboxylic acids is 1. The molecule has 11 heteroatoms. The van der Waals surface area contributed by atoms with Crippen molar-refractivity contribution in [2.24, 2.45) is 17.8 Å². The van der Waals surface area contributed by atoms with E-state index in [1.807, 2.05) is 4.90 Å². The van der Waals surface area contributed by atoms with Crippen LogP contribution in [0.25, 0.3) is 0 Å². The van der Waals surface area contributed by atoms with Crippen LogP contribution < -0.4 is 15.1 Å². The Kier molecular flexibility index (Phi) is 5.01. The molecule has 1 aliphatic carbocycles. The van der Waals surface area contributed by atoms with Gasteiger partial charge in [-0.15, -0.1) is 0 Å². The Morgan fingerprint density at radius 3 is 2.59 bits per heavy atom. The van der Waals surface area contributed by atoms with Crippen molar-refractivity contribution in [1.82, 2.24) is 5.32 Å². The average molecular weight is 429 g/mol. The Balaban J connectivity index is 1.38. The zero-order valence-electron chi connectivity index (χ0n) is 15.1. The molecule has 7 nitrogen and oxygen atoms in total. The fraction of sp³-hybridized carbons (Fsp3) is 0.500. The third-order valence-corrected chi connectivity index (χ3v) is 5.96. The van der Waals surface area contributed by atoms with Gasteiger partial charge >= 0.3 is 12.1 Å². The van der Waals surface area contributed by atoms with E-state index in [1.165, 1.54) is 11.0 Å². The number of hydrogen-bond donors (Lipinski definition) is 2. The number of carbonyl (C=O) groups excluding carboxylic acids is 1. The largest absolute Gasteiger partial charge is 0.481 e. The number of benzene rings is 1. The van der Waals surface area contributed by atoms with Crippen LogP contribution in [0.3, 0.4) is 0 Å². The second-order valence-corrected chi connectivity index (χ2v) is 7.83. The zero-order chi connectivity index (χ0) is 20.9. The fourth-order valence-electron chi connectivity index (χ4n) is 4.14. The molecule has 1 aromatic carbocycles. The Hall–Kier alpha value is -2.56. The molecule has 1 saturated carbocycles. The molecule has 29 heavy (non-hydrogen) atoms. The van der Waals surface area contributed by atoms with Gasteiger partial charge in [0.05, 0.1) is 30.4 Å². The average Bonchev–Trinajstić information content (AvgIpc) is 2.97. The predicted octanol–water partition coefficient (Wildman–Crippen LogP) is 2.10. The molecule has 2 aliphatic heterocycles. The minimum Gasteiger partial charge on any atom is -0.481 e. The van der Waals surface area contributed by atoms with Crippen LogP contribution in [0.4, 0.5) is 29.3 Å². The topological polar surface area (TPSA) is 82.1 Å². The molecule has 2 saturated heterocycles. The standard InChI is InChI=1S/C18H18F3N3O4S/c19-12-3-8(24-5-9(28-18(24)27)4-22-16(29)15(20)21)1-2-13(12)23-6-10-11(7-23)14(10)17(25)26/h1-3,9-11,14-15H,4-7H2,(H,22,29)(H,25,26)/t9-,10?,11?,14?/m0/s1. The maximum absolute atomic E-state index is 14.7. The van der Waals surface area contributed by atoms with Gasteiger partial charge in [0.25, 0.3) is 6.43 Å². The normalized spacial score (nSPS) is 27.8. The van der Waals surface area contributed by atoms with Crippen molar-refractivity contribution in [3.8, 4) is 0 Å². The molecule has 1 aromatic rings. The van der Waals surface area contributed by atoms with E-state index < -0.39 is 35.4 Å². The summed E-state index contributed by atoms with van der Waals surface area (Å²) in [5.41, 5.74) is 0.654. The molecule has 0 aromatic heterocycles. The zero-order valence-corrected chi connectivity index (χ0v) is 15.9.